The molecule has 17 heavy (non-hydrogen) atoms. The van der Waals surface area contributed by atoms with Crippen molar-refractivity contribution in [3.8, 4) is 0 Å². The van der Waals surface area contributed by atoms with Crippen LogP contribution < -0.4 is 4.90 Å². The second-order valence-electron chi connectivity index (χ2n) is 4.90. The van der Waals surface area contributed by atoms with E-state index >= 15 is 0 Å². The first-order chi connectivity index (χ1) is 7.87. The quantitative estimate of drug-likeness (QED) is 0.845. The van der Waals surface area contributed by atoms with Crippen molar-refractivity contribution in [1.82, 2.24) is 19.6 Å². The second kappa shape index (κ2) is 3.96. The molecule has 0 aliphatic rings. The van der Waals surface area contributed by atoms with E-state index in [0.29, 0.717) is 12.3 Å². The van der Waals surface area contributed by atoms with Gasteiger partial charge in [-0.25, -0.2) is 4.98 Å². The van der Waals surface area contributed by atoms with Gasteiger partial charge in [0.1, 0.15) is 12.1 Å². The van der Waals surface area contributed by atoms with Gasteiger partial charge in [0.2, 0.25) is 0 Å². The van der Waals surface area contributed by atoms with Crippen LogP contribution in [0.5, 0.6) is 0 Å². The van der Waals surface area contributed by atoms with Gasteiger partial charge in [0, 0.05) is 25.4 Å². The molecule has 0 atom stereocenters. The normalized spacial score (nSPS) is 12.1. The number of hydrogen-bond donors (Lipinski definition) is 1. The van der Waals surface area contributed by atoms with Crippen LogP contribution in [-0.2, 0) is 0 Å². The minimum Gasteiger partial charge on any atom is -0.389 e. The number of anilines is 1. The molecule has 0 saturated heterocycles. The van der Waals surface area contributed by atoms with E-state index in [-0.39, 0.29) is 0 Å². The van der Waals surface area contributed by atoms with Gasteiger partial charge in [0.05, 0.1) is 5.60 Å². The summed E-state index contributed by atoms with van der Waals surface area (Å²) < 4.78 is 1.67. The zero-order chi connectivity index (χ0) is 12.6. The highest BCUT2D eigenvalue weighted by atomic mass is 16.3. The van der Waals surface area contributed by atoms with Crippen molar-refractivity contribution in [1.29, 1.82) is 0 Å². The molecule has 92 valence electrons. The minimum absolute atomic E-state index is 0.505. The lowest BCUT2D eigenvalue weighted by Gasteiger charge is -2.27. The maximum Gasteiger partial charge on any atom is 0.254 e. The fourth-order valence-electron chi connectivity index (χ4n) is 1.84. The molecule has 0 spiro atoms. The van der Waals surface area contributed by atoms with Crippen LogP contribution in [0.3, 0.4) is 0 Å². The summed E-state index contributed by atoms with van der Waals surface area (Å²) in [6, 6.07) is 1.92. The Morgan fingerprint density at radius 2 is 2.18 bits per heavy atom. The number of rotatable bonds is 3. The molecule has 2 aromatic heterocycles. The fraction of sp³-hybridized carbons (Fsp3) is 0.545. The highest BCUT2D eigenvalue weighted by molar-refractivity contribution is 5.46. The standard InChI is InChI=1S/C11H17N5O/c1-8-5-9(15(4)6-11(2,3)17)16-10(14-8)12-7-13-16/h5,7,17H,6H2,1-4H3. The summed E-state index contributed by atoms with van der Waals surface area (Å²) in [7, 11) is 1.91. The molecule has 0 aliphatic heterocycles. The van der Waals surface area contributed by atoms with Gasteiger partial charge >= 0.3 is 0 Å². The largest absolute Gasteiger partial charge is 0.389 e. The van der Waals surface area contributed by atoms with Crippen molar-refractivity contribution in [2.75, 3.05) is 18.5 Å². The third kappa shape index (κ3) is 2.52. The molecule has 0 radical (unpaired) electrons. The van der Waals surface area contributed by atoms with Crippen LogP contribution in [-0.4, -0.2) is 43.9 Å². The van der Waals surface area contributed by atoms with Gasteiger partial charge in [-0.1, -0.05) is 0 Å². The van der Waals surface area contributed by atoms with Crippen LogP contribution in [0.1, 0.15) is 19.5 Å². The first-order valence-electron chi connectivity index (χ1n) is 5.48. The van der Waals surface area contributed by atoms with Gasteiger partial charge < -0.3 is 10.0 Å². The summed E-state index contributed by atoms with van der Waals surface area (Å²) >= 11 is 0. The Morgan fingerprint density at radius 1 is 1.47 bits per heavy atom. The summed E-state index contributed by atoms with van der Waals surface area (Å²) in [6.45, 7) is 5.97. The van der Waals surface area contributed by atoms with E-state index < -0.39 is 5.60 Å². The van der Waals surface area contributed by atoms with Crippen molar-refractivity contribution in [3.63, 3.8) is 0 Å². The van der Waals surface area contributed by atoms with E-state index in [4.69, 9.17) is 0 Å². The van der Waals surface area contributed by atoms with E-state index in [1.54, 1.807) is 18.4 Å². The van der Waals surface area contributed by atoms with Gasteiger partial charge in [-0.2, -0.15) is 14.6 Å². The van der Waals surface area contributed by atoms with Crippen molar-refractivity contribution in [3.05, 3.63) is 18.1 Å². The summed E-state index contributed by atoms with van der Waals surface area (Å²) in [5.41, 5.74) is 0.113. The van der Waals surface area contributed by atoms with Crippen LogP contribution in [0, 0.1) is 6.92 Å². The van der Waals surface area contributed by atoms with Crippen LogP contribution in [0.25, 0.3) is 5.78 Å². The molecule has 0 amide bonds. The van der Waals surface area contributed by atoms with Gasteiger partial charge in [-0.05, 0) is 20.8 Å². The lowest BCUT2D eigenvalue weighted by atomic mass is 10.1. The third-order valence-corrected chi connectivity index (χ3v) is 2.38. The van der Waals surface area contributed by atoms with Crippen molar-refractivity contribution in [2.24, 2.45) is 0 Å². The van der Waals surface area contributed by atoms with Gasteiger partial charge in [0.25, 0.3) is 5.78 Å². The molecule has 6 nitrogen and oxygen atoms in total. The Labute approximate surface area is 99.9 Å². The lowest BCUT2D eigenvalue weighted by Crippen LogP contribution is -2.37. The molecule has 1 N–H and O–H groups in total. The molecule has 2 aromatic rings. The predicted octanol–water partition coefficient (Wildman–Crippen LogP) is 0.640. The molecule has 0 saturated carbocycles. The smallest absolute Gasteiger partial charge is 0.254 e. The van der Waals surface area contributed by atoms with Crippen LogP contribution in [0.4, 0.5) is 5.82 Å². The first kappa shape index (κ1) is 11.8. The molecule has 0 aromatic carbocycles. The average molecular weight is 235 g/mol. The second-order valence-corrected chi connectivity index (χ2v) is 4.90. The van der Waals surface area contributed by atoms with E-state index in [2.05, 4.69) is 15.1 Å². The van der Waals surface area contributed by atoms with Crippen molar-refractivity contribution in [2.45, 2.75) is 26.4 Å². The van der Waals surface area contributed by atoms with Crippen molar-refractivity contribution < 1.29 is 5.11 Å². The summed E-state index contributed by atoms with van der Waals surface area (Å²) in [5.74, 6) is 1.44. The number of hydrogen-bond acceptors (Lipinski definition) is 5. The Kier molecular flexibility index (Phi) is 2.74. The van der Waals surface area contributed by atoms with Gasteiger partial charge in [-0.15, -0.1) is 0 Å². The summed E-state index contributed by atoms with van der Waals surface area (Å²) in [5, 5.41) is 14.0. The maximum absolute atomic E-state index is 9.84. The Morgan fingerprint density at radius 3 is 2.82 bits per heavy atom. The molecular formula is C11H17N5O. The molecule has 0 bridgehead atoms. The Hall–Kier alpha value is -1.69. The predicted molar refractivity (Wildman–Crippen MR) is 65.1 cm³/mol. The molecular weight excluding hydrogens is 218 g/mol. The molecule has 0 fully saturated rings. The number of aromatic nitrogens is 4. The number of nitrogens with zero attached hydrogens (tertiary/aromatic N) is 5. The Balaban J connectivity index is 2.43. The van der Waals surface area contributed by atoms with Crippen LogP contribution in [0.2, 0.25) is 0 Å². The highest BCUT2D eigenvalue weighted by Crippen LogP contribution is 2.16. The maximum atomic E-state index is 9.84. The molecule has 2 rings (SSSR count). The van der Waals surface area contributed by atoms with Gasteiger partial charge in [0.15, 0.2) is 0 Å². The zero-order valence-corrected chi connectivity index (χ0v) is 10.5. The summed E-state index contributed by atoms with van der Waals surface area (Å²) in [4.78, 5) is 10.3. The van der Waals surface area contributed by atoms with E-state index in [0.717, 1.165) is 11.5 Å². The number of aliphatic hydroxyl groups is 1. The van der Waals surface area contributed by atoms with Crippen LogP contribution >= 0.6 is 0 Å². The van der Waals surface area contributed by atoms with Crippen molar-refractivity contribution >= 4 is 11.6 Å². The molecule has 2 heterocycles. The molecule has 0 aliphatic carbocycles. The first-order valence-corrected chi connectivity index (χ1v) is 5.48. The highest BCUT2D eigenvalue weighted by Gasteiger charge is 2.18. The fourth-order valence-corrected chi connectivity index (χ4v) is 1.84. The van der Waals surface area contributed by atoms with E-state index in [1.807, 2.05) is 24.9 Å². The minimum atomic E-state index is -0.765. The summed E-state index contributed by atoms with van der Waals surface area (Å²) in [6.07, 6.45) is 1.48. The monoisotopic (exact) mass is 235 g/mol. The van der Waals surface area contributed by atoms with Crippen LogP contribution in [0.15, 0.2) is 12.4 Å². The molecule has 0 unspecified atom stereocenters. The number of fused-ring (bicyclic) bond motifs is 1. The topological polar surface area (TPSA) is 66.5 Å². The Bertz CT molecular complexity index is 528. The number of likely N-dealkylation sites (N-methyl/N-ethyl adjacent to an activating group) is 1. The third-order valence-electron chi connectivity index (χ3n) is 2.38. The van der Waals surface area contributed by atoms with Gasteiger partial charge in [-0.3, -0.25) is 0 Å². The van der Waals surface area contributed by atoms with E-state index in [1.165, 1.54) is 6.33 Å². The zero-order valence-electron chi connectivity index (χ0n) is 10.5. The number of aryl methyl sites for hydroxylation is 1. The molecule has 6 heteroatoms. The average Bonchev–Trinajstić information content (AvgIpc) is 2.60. The lowest BCUT2D eigenvalue weighted by molar-refractivity contribution is 0.0884. The van der Waals surface area contributed by atoms with E-state index in [9.17, 15) is 5.11 Å². The SMILES string of the molecule is Cc1cc(N(C)CC(C)(C)O)n2ncnc2n1.